The van der Waals surface area contributed by atoms with Crippen LogP contribution in [0.3, 0.4) is 0 Å². The molecule has 0 aliphatic rings. The van der Waals surface area contributed by atoms with Gasteiger partial charge in [-0.15, -0.1) is 0 Å². The number of carboxylic acids is 1. The maximum Gasteiger partial charge on any atom is 0.306 e. The molecule has 0 N–H and O–H groups in total. The van der Waals surface area contributed by atoms with Crippen LogP contribution in [0.2, 0.25) is 0 Å². The minimum absolute atomic E-state index is 0.147. The Balaban J connectivity index is 4.13. The van der Waals surface area contributed by atoms with Gasteiger partial charge in [-0.1, -0.05) is 237 Å². The molecular weight excluding hydrogens is 887 g/mol. The second-order valence-electron chi connectivity index (χ2n) is 21.6. The minimum Gasteiger partial charge on any atom is -0.545 e. The number of allylic oxidation sites excluding steroid dienone is 6. The van der Waals surface area contributed by atoms with Crippen molar-refractivity contribution in [2.24, 2.45) is 0 Å². The molecule has 0 saturated heterocycles. The Kier molecular flexibility index (Phi) is 51.9. The summed E-state index contributed by atoms with van der Waals surface area (Å²) in [4.78, 5) is 37.3. The van der Waals surface area contributed by atoms with Crippen molar-refractivity contribution in [2.45, 2.75) is 296 Å². The monoisotopic (exact) mass is 1000 g/mol. The summed E-state index contributed by atoms with van der Waals surface area (Å²) in [5, 5.41) is 11.8. The lowest BCUT2D eigenvalue weighted by Gasteiger charge is -2.26. The number of quaternary nitrogens is 1. The second-order valence-corrected chi connectivity index (χ2v) is 21.6. The number of hydrogen-bond acceptors (Lipinski definition) is 8. The molecule has 0 rings (SSSR count). The lowest BCUT2D eigenvalue weighted by Crippen LogP contribution is -2.44. The Morgan fingerprint density at radius 1 is 0.423 bits per heavy atom. The summed E-state index contributed by atoms with van der Waals surface area (Å²) in [5.74, 6) is -2.28. The van der Waals surface area contributed by atoms with Crippen LogP contribution in [0.5, 0.6) is 0 Å². The highest BCUT2D eigenvalue weighted by Gasteiger charge is 2.22. The number of rotatable bonds is 56. The Morgan fingerprint density at radius 2 is 0.761 bits per heavy atom. The van der Waals surface area contributed by atoms with Gasteiger partial charge >= 0.3 is 11.9 Å². The molecule has 0 saturated carbocycles. The molecule has 0 amide bonds. The van der Waals surface area contributed by atoms with Gasteiger partial charge in [0.05, 0.1) is 40.3 Å². The molecule has 0 aliphatic carbocycles. The van der Waals surface area contributed by atoms with E-state index in [1.165, 1.54) is 199 Å². The van der Waals surface area contributed by atoms with Crippen molar-refractivity contribution in [1.29, 1.82) is 0 Å². The second kappa shape index (κ2) is 53.8. The van der Waals surface area contributed by atoms with Crippen LogP contribution in [0.25, 0.3) is 0 Å². The van der Waals surface area contributed by atoms with Crippen molar-refractivity contribution in [1.82, 2.24) is 0 Å². The number of carbonyl (C=O) groups excluding carboxylic acids is 3. The number of likely N-dealkylation sites (N-methyl/N-ethyl adjacent to an activating group) is 1. The number of carboxylic acid groups (broad SMARTS) is 1. The summed E-state index contributed by atoms with van der Waals surface area (Å²) in [6.45, 7) is 4.75. The van der Waals surface area contributed by atoms with E-state index >= 15 is 0 Å². The van der Waals surface area contributed by atoms with Crippen LogP contribution in [-0.2, 0) is 33.3 Å². The van der Waals surface area contributed by atoms with E-state index in [0.29, 0.717) is 23.9 Å². The first-order chi connectivity index (χ1) is 34.6. The fourth-order valence-electron chi connectivity index (χ4n) is 8.68. The molecule has 0 aromatic heterocycles. The zero-order valence-corrected chi connectivity index (χ0v) is 47.4. The Morgan fingerprint density at radius 3 is 1.15 bits per heavy atom. The van der Waals surface area contributed by atoms with Crippen LogP contribution < -0.4 is 5.11 Å². The van der Waals surface area contributed by atoms with Gasteiger partial charge in [-0.3, -0.25) is 9.59 Å². The molecule has 2 unspecified atom stereocenters. The first kappa shape index (κ1) is 68.5. The zero-order chi connectivity index (χ0) is 52.0. The molecule has 0 aromatic carbocycles. The molecule has 0 aromatic rings. The van der Waals surface area contributed by atoms with Crippen LogP contribution >= 0.6 is 0 Å². The van der Waals surface area contributed by atoms with Gasteiger partial charge in [0.2, 0.25) is 0 Å². The number of nitrogens with zero attached hydrogens (tertiary/aromatic N) is 1. The molecule has 71 heavy (non-hydrogen) atoms. The third kappa shape index (κ3) is 55.1. The van der Waals surface area contributed by atoms with Crippen molar-refractivity contribution >= 4 is 17.9 Å². The molecule has 0 heterocycles. The maximum absolute atomic E-state index is 12.8. The average Bonchev–Trinajstić information content (AvgIpc) is 3.34. The van der Waals surface area contributed by atoms with E-state index in [1.54, 1.807) is 0 Å². The molecular formula is C62H115NO8. The van der Waals surface area contributed by atoms with E-state index < -0.39 is 24.3 Å². The van der Waals surface area contributed by atoms with E-state index in [4.69, 9.17) is 18.9 Å². The molecule has 0 aliphatic heterocycles. The predicted octanol–water partition coefficient (Wildman–Crippen LogP) is 16.3. The summed E-state index contributed by atoms with van der Waals surface area (Å²) in [6.07, 6.45) is 62.0. The topological polar surface area (TPSA) is 111 Å². The normalized spacial score (nSPS) is 13.0. The van der Waals surface area contributed by atoms with Gasteiger partial charge in [-0.2, -0.15) is 0 Å². The highest BCUT2D eigenvalue weighted by Crippen LogP contribution is 2.17. The van der Waals surface area contributed by atoms with Crippen LogP contribution in [0.4, 0.5) is 0 Å². The highest BCUT2D eigenvalue weighted by molar-refractivity contribution is 5.70. The zero-order valence-electron chi connectivity index (χ0n) is 47.4. The van der Waals surface area contributed by atoms with Crippen molar-refractivity contribution in [3.05, 3.63) is 36.5 Å². The number of esters is 2. The highest BCUT2D eigenvalue weighted by atomic mass is 16.7. The average molecular weight is 1000 g/mol. The smallest absolute Gasteiger partial charge is 0.306 e. The molecule has 9 nitrogen and oxygen atoms in total. The summed E-state index contributed by atoms with van der Waals surface area (Å²) < 4.78 is 22.7. The van der Waals surface area contributed by atoms with Gasteiger partial charge in [0.25, 0.3) is 0 Å². The predicted molar refractivity (Wildman–Crippen MR) is 297 cm³/mol. The fourth-order valence-corrected chi connectivity index (χ4v) is 8.68. The van der Waals surface area contributed by atoms with Gasteiger partial charge in [0.15, 0.2) is 12.4 Å². The van der Waals surface area contributed by atoms with Crippen LogP contribution in [0, 0.1) is 0 Å². The number of carbonyl (C=O) groups is 3. The van der Waals surface area contributed by atoms with Crippen molar-refractivity contribution in [3.8, 4) is 0 Å². The summed E-state index contributed by atoms with van der Waals surface area (Å²) in [5.41, 5.74) is 0. The maximum atomic E-state index is 12.8. The van der Waals surface area contributed by atoms with Gasteiger partial charge in [0, 0.05) is 12.8 Å². The third-order valence-electron chi connectivity index (χ3n) is 13.4. The SMILES string of the molecule is CCCCC/C=C\C/C=C\CCCCCCCCCC(=O)OC(COC(=O)CCCCCCCCCCCCCCCCCCC/C=C\CCCCCCCCCC)COC(OCC[N+](C)(C)C)C(=O)[O-]. The lowest BCUT2D eigenvalue weighted by atomic mass is 10.0. The van der Waals surface area contributed by atoms with Crippen molar-refractivity contribution < 1.29 is 42.9 Å². The number of unbranched alkanes of at least 4 members (excludes halogenated alkanes) is 35. The first-order valence-electron chi connectivity index (χ1n) is 30.1. The van der Waals surface area contributed by atoms with Crippen LogP contribution in [0.15, 0.2) is 36.5 Å². The Bertz CT molecular complexity index is 1260. The number of aliphatic carboxylic acids is 1. The largest absolute Gasteiger partial charge is 0.545 e. The molecule has 9 heteroatoms. The Labute approximate surface area is 439 Å². The molecule has 0 spiro atoms. The summed E-state index contributed by atoms with van der Waals surface area (Å²) in [6, 6.07) is 0. The number of ether oxygens (including phenoxy) is 4. The standard InChI is InChI=1S/C62H115NO8/c1-6-8-10-12-14-16-18-20-22-24-25-26-27-28-29-30-31-32-33-34-35-37-38-40-42-44-46-48-50-52-59(64)69-56-58(57-70-62(61(66)67)68-55-54-63(3,4)5)71-60(65)53-51-49-47-45-43-41-39-36-23-21-19-17-15-13-11-9-7-2/h15,17,21,23-25,58,62H,6-14,16,18-20,22,26-57H2,1-5H3/b17-15-,23-21-,25-24-. The van der Waals surface area contributed by atoms with Crippen LogP contribution in [0.1, 0.15) is 284 Å². The molecule has 0 fully saturated rings. The van der Waals surface area contributed by atoms with E-state index in [0.717, 1.165) is 51.4 Å². The molecule has 0 radical (unpaired) electrons. The molecule has 0 bridgehead atoms. The first-order valence-corrected chi connectivity index (χ1v) is 30.1. The van der Waals surface area contributed by atoms with Crippen LogP contribution in [-0.4, -0.2) is 82.3 Å². The van der Waals surface area contributed by atoms with E-state index in [-0.39, 0.29) is 32.2 Å². The molecule has 416 valence electrons. The van der Waals surface area contributed by atoms with Gasteiger partial charge in [-0.05, 0) is 70.6 Å². The quantitative estimate of drug-likeness (QED) is 0.0195. The van der Waals surface area contributed by atoms with Crippen molar-refractivity contribution in [2.75, 3.05) is 47.5 Å². The Hall–Kier alpha value is -2.49. The van der Waals surface area contributed by atoms with Crippen molar-refractivity contribution in [3.63, 3.8) is 0 Å². The fraction of sp³-hybridized carbons (Fsp3) is 0.855. The molecule has 2 atom stereocenters. The van der Waals surface area contributed by atoms with E-state index in [1.807, 2.05) is 21.1 Å². The third-order valence-corrected chi connectivity index (χ3v) is 13.4. The minimum atomic E-state index is -1.62. The van der Waals surface area contributed by atoms with Gasteiger partial charge in [0.1, 0.15) is 13.2 Å². The van der Waals surface area contributed by atoms with Gasteiger partial charge in [-0.25, -0.2) is 0 Å². The number of hydrogen-bond donors (Lipinski definition) is 0. The van der Waals surface area contributed by atoms with E-state index in [9.17, 15) is 19.5 Å². The summed E-state index contributed by atoms with van der Waals surface area (Å²) in [7, 11) is 5.92. The van der Waals surface area contributed by atoms with Gasteiger partial charge < -0.3 is 33.3 Å². The summed E-state index contributed by atoms with van der Waals surface area (Å²) >= 11 is 0. The van der Waals surface area contributed by atoms with E-state index in [2.05, 4.69) is 50.3 Å². The lowest BCUT2D eigenvalue weighted by molar-refractivity contribution is -0.870.